The van der Waals surface area contributed by atoms with Gasteiger partial charge < -0.3 is 9.47 Å². The van der Waals surface area contributed by atoms with Gasteiger partial charge in [-0.1, -0.05) is 6.92 Å². The lowest BCUT2D eigenvalue weighted by molar-refractivity contribution is -0.126. The Labute approximate surface area is 191 Å². The molecule has 0 unspecified atom stereocenters. The molecule has 2 heterocycles. The van der Waals surface area contributed by atoms with Gasteiger partial charge in [0.25, 0.3) is 11.8 Å². The Kier molecular flexibility index (Phi) is 6.00. The van der Waals surface area contributed by atoms with E-state index in [9.17, 15) is 14.4 Å². The maximum Gasteiger partial charge on any atom is 0.278 e. The molecular formula is C25H25N3O5. The number of ether oxygens (including phenoxy) is 2. The fraction of sp³-hybridized carbons (Fsp3) is 0.280. The first-order valence-electron chi connectivity index (χ1n) is 10.7. The Morgan fingerprint density at radius 2 is 1.76 bits per heavy atom. The SMILES string of the molecule is CC[C@H]1Oc2ccc(C(=O)n3nc(C)cc3C)cc2N(CC(=O)c2ccc(OC)cc2)C1=O. The highest BCUT2D eigenvalue weighted by Gasteiger charge is 2.35. The summed E-state index contributed by atoms with van der Waals surface area (Å²) in [7, 11) is 1.55. The van der Waals surface area contributed by atoms with E-state index in [0.717, 1.165) is 5.69 Å². The number of anilines is 1. The predicted octanol–water partition coefficient (Wildman–Crippen LogP) is 3.58. The summed E-state index contributed by atoms with van der Waals surface area (Å²) in [5.41, 5.74) is 2.63. The minimum atomic E-state index is -0.696. The minimum Gasteiger partial charge on any atom is -0.497 e. The summed E-state index contributed by atoms with van der Waals surface area (Å²) < 4.78 is 12.3. The van der Waals surface area contributed by atoms with Crippen LogP contribution in [-0.4, -0.2) is 47.1 Å². The maximum absolute atomic E-state index is 13.1. The number of aryl methyl sites for hydroxylation is 2. The van der Waals surface area contributed by atoms with Gasteiger partial charge in [-0.25, -0.2) is 4.68 Å². The normalized spacial score (nSPS) is 15.1. The van der Waals surface area contributed by atoms with E-state index in [0.29, 0.717) is 40.4 Å². The maximum atomic E-state index is 13.1. The Hall–Kier alpha value is -3.94. The van der Waals surface area contributed by atoms with Crippen molar-refractivity contribution in [2.45, 2.75) is 33.3 Å². The average Bonchev–Trinajstić information content (AvgIpc) is 3.17. The molecule has 3 aromatic rings. The first kappa shape index (κ1) is 22.3. The van der Waals surface area contributed by atoms with Crippen molar-refractivity contribution in [1.82, 2.24) is 9.78 Å². The Bertz CT molecular complexity index is 1230. The number of hydrogen-bond donors (Lipinski definition) is 0. The van der Waals surface area contributed by atoms with E-state index in [-0.39, 0.29) is 24.1 Å². The van der Waals surface area contributed by atoms with Crippen LogP contribution in [0.4, 0.5) is 5.69 Å². The van der Waals surface area contributed by atoms with Crippen LogP contribution in [0.1, 0.15) is 45.4 Å². The fourth-order valence-electron chi connectivity index (χ4n) is 3.85. The molecule has 4 rings (SSSR count). The second kappa shape index (κ2) is 8.90. The van der Waals surface area contributed by atoms with Crippen LogP contribution in [0.25, 0.3) is 0 Å². The summed E-state index contributed by atoms with van der Waals surface area (Å²) in [5, 5.41) is 4.25. The first-order valence-corrected chi connectivity index (χ1v) is 10.7. The molecule has 0 N–H and O–H groups in total. The second-order valence-electron chi connectivity index (χ2n) is 7.92. The summed E-state index contributed by atoms with van der Waals surface area (Å²) in [6.07, 6.45) is -0.239. The van der Waals surface area contributed by atoms with Gasteiger partial charge in [0.05, 0.1) is 25.0 Å². The number of ketones is 1. The summed E-state index contributed by atoms with van der Waals surface area (Å²) in [4.78, 5) is 40.6. The number of carbonyl (C=O) groups is 3. The highest BCUT2D eigenvalue weighted by molar-refractivity contribution is 6.09. The molecule has 0 fully saturated rings. The molecule has 0 spiro atoms. The van der Waals surface area contributed by atoms with E-state index >= 15 is 0 Å². The molecule has 1 aliphatic heterocycles. The lowest BCUT2D eigenvalue weighted by Crippen LogP contribution is -2.47. The van der Waals surface area contributed by atoms with Crippen LogP contribution >= 0.6 is 0 Å². The van der Waals surface area contributed by atoms with Crippen LogP contribution in [0.15, 0.2) is 48.5 Å². The summed E-state index contributed by atoms with van der Waals surface area (Å²) in [6.45, 7) is 5.29. The third kappa shape index (κ3) is 4.24. The highest BCUT2D eigenvalue weighted by Crippen LogP contribution is 2.36. The zero-order valence-corrected chi connectivity index (χ0v) is 19.0. The number of amides is 1. The van der Waals surface area contributed by atoms with E-state index in [1.807, 2.05) is 19.9 Å². The smallest absolute Gasteiger partial charge is 0.278 e. The number of nitrogens with zero attached hydrogens (tertiary/aromatic N) is 3. The predicted molar refractivity (Wildman–Crippen MR) is 122 cm³/mol. The largest absolute Gasteiger partial charge is 0.497 e. The standard InChI is InChI=1S/C25H25N3O5/c1-5-22-25(31)27(14-21(29)17-6-9-19(32-4)10-7-17)20-13-18(8-11-23(20)33-22)24(30)28-16(3)12-15(2)26-28/h6-13,22H,5,14H2,1-4H3/t22-/m1/s1. The molecule has 0 radical (unpaired) electrons. The second-order valence-corrected chi connectivity index (χ2v) is 7.92. The highest BCUT2D eigenvalue weighted by atomic mass is 16.5. The van der Waals surface area contributed by atoms with E-state index in [2.05, 4.69) is 5.10 Å². The lowest BCUT2D eigenvalue weighted by atomic mass is 10.1. The first-order chi connectivity index (χ1) is 15.8. The van der Waals surface area contributed by atoms with Crippen LogP contribution < -0.4 is 14.4 Å². The van der Waals surface area contributed by atoms with Crippen molar-refractivity contribution in [3.8, 4) is 11.5 Å². The van der Waals surface area contributed by atoms with Crippen molar-refractivity contribution < 1.29 is 23.9 Å². The number of hydrogen-bond acceptors (Lipinski definition) is 6. The molecule has 0 saturated carbocycles. The van der Waals surface area contributed by atoms with E-state index in [1.165, 1.54) is 9.58 Å². The Morgan fingerprint density at radius 3 is 2.36 bits per heavy atom. The molecule has 1 aromatic heterocycles. The molecule has 0 saturated heterocycles. The van der Waals surface area contributed by atoms with Crippen molar-refractivity contribution in [2.24, 2.45) is 0 Å². The zero-order chi connectivity index (χ0) is 23.7. The van der Waals surface area contributed by atoms with Gasteiger partial charge in [-0.3, -0.25) is 19.3 Å². The zero-order valence-electron chi connectivity index (χ0n) is 19.0. The summed E-state index contributed by atoms with van der Waals surface area (Å²) >= 11 is 0. The number of benzene rings is 2. The van der Waals surface area contributed by atoms with Gasteiger partial charge in [0.1, 0.15) is 11.5 Å². The van der Waals surface area contributed by atoms with Crippen molar-refractivity contribution in [3.05, 3.63) is 71.0 Å². The van der Waals surface area contributed by atoms with Gasteiger partial charge in [0.15, 0.2) is 11.9 Å². The fourth-order valence-corrected chi connectivity index (χ4v) is 3.85. The van der Waals surface area contributed by atoms with Crippen molar-refractivity contribution >= 4 is 23.3 Å². The molecular weight excluding hydrogens is 422 g/mol. The number of carbonyl (C=O) groups excluding carboxylic acids is 3. The molecule has 8 nitrogen and oxygen atoms in total. The quantitative estimate of drug-likeness (QED) is 0.537. The molecule has 1 atom stereocenters. The monoisotopic (exact) mass is 447 g/mol. The minimum absolute atomic E-state index is 0.171. The average molecular weight is 447 g/mol. The van der Waals surface area contributed by atoms with Gasteiger partial charge in [0.2, 0.25) is 0 Å². The number of aromatic nitrogens is 2. The van der Waals surface area contributed by atoms with E-state index in [4.69, 9.17) is 9.47 Å². The number of methoxy groups -OCH3 is 1. The van der Waals surface area contributed by atoms with Gasteiger partial charge in [-0.15, -0.1) is 0 Å². The molecule has 2 aromatic carbocycles. The summed E-state index contributed by atoms with van der Waals surface area (Å²) in [6, 6.07) is 13.4. The van der Waals surface area contributed by atoms with E-state index < -0.39 is 6.10 Å². The van der Waals surface area contributed by atoms with Crippen LogP contribution in [0.3, 0.4) is 0 Å². The molecule has 0 bridgehead atoms. The molecule has 1 amide bonds. The number of Topliss-reactive ketones (excluding diaryl/α,β-unsaturated/α-hetero) is 1. The van der Waals surface area contributed by atoms with Crippen LogP contribution in [0.5, 0.6) is 11.5 Å². The molecule has 33 heavy (non-hydrogen) atoms. The third-order valence-electron chi connectivity index (χ3n) is 5.59. The Balaban J connectivity index is 1.69. The molecule has 170 valence electrons. The number of rotatable bonds is 6. The molecule has 1 aliphatic rings. The topological polar surface area (TPSA) is 90.7 Å². The lowest BCUT2D eigenvalue weighted by Gasteiger charge is -2.34. The number of fused-ring (bicyclic) bond motifs is 1. The van der Waals surface area contributed by atoms with Crippen LogP contribution in [-0.2, 0) is 4.79 Å². The van der Waals surface area contributed by atoms with Crippen molar-refractivity contribution in [2.75, 3.05) is 18.6 Å². The molecule has 8 heteroatoms. The van der Waals surface area contributed by atoms with Gasteiger partial charge >= 0.3 is 0 Å². The van der Waals surface area contributed by atoms with Gasteiger partial charge in [-0.05, 0) is 68.8 Å². The van der Waals surface area contributed by atoms with E-state index in [1.54, 1.807) is 56.5 Å². The van der Waals surface area contributed by atoms with Gasteiger partial charge in [0, 0.05) is 16.8 Å². The summed E-state index contributed by atoms with van der Waals surface area (Å²) in [5.74, 6) is 0.216. The van der Waals surface area contributed by atoms with Crippen molar-refractivity contribution in [1.29, 1.82) is 0 Å². The Morgan fingerprint density at radius 1 is 1.06 bits per heavy atom. The van der Waals surface area contributed by atoms with Crippen LogP contribution in [0.2, 0.25) is 0 Å². The van der Waals surface area contributed by atoms with Gasteiger partial charge in [-0.2, -0.15) is 5.10 Å². The van der Waals surface area contributed by atoms with Crippen molar-refractivity contribution in [3.63, 3.8) is 0 Å². The molecule has 0 aliphatic carbocycles. The third-order valence-corrected chi connectivity index (χ3v) is 5.59. The van der Waals surface area contributed by atoms with Crippen LogP contribution in [0, 0.1) is 13.8 Å².